The third kappa shape index (κ3) is 3.81. The van der Waals surface area contributed by atoms with E-state index < -0.39 is 5.97 Å². The Kier molecular flexibility index (Phi) is 4.97. The first kappa shape index (κ1) is 18.8. The van der Waals surface area contributed by atoms with Gasteiger partial charge in [-0.15, -0.1) is 0 Å². The summed E-state index contributed by atoms with van der Waals surface area (Å²) in [7, 11) is 0. The minimum absolute atomic E-state index is 0.00432. The smallest absolute Gasteiger partial charge is 0.347 e. The van der Waals surface area contributed by atoms with Crippen molar-refractivity contribution in [1.82, 2.24) is 9.99 Å². The van der Waals surface area contributed by atoms with Crippen molar-refractivity contribution in [2.24, 2.45) is 10.9 Å². The standard InChI is InChI=1S/C21H22N4O5/c26-18-16(10-14-11-23-19-15(14)2-1-5-22-19)30-20(24-25-6-8-28-9-7-25)17(18)21(27)29-12-13-3-4-13/h1-2,5,10-11,13,24,26H,3-4,6-9,12H2. The number of allylic oxidation sites excluding steroid dienone is 1. The SMILES string of the molecule is O=C(OCC1CC1)c1c(NN2CCOCC2)oc(C=C2C=Nc3ncccc32)c1O. The molecule has 0 amide bonds. The van der Waals surface area contributed by atoms with Gasteiger partial charge in [-0.1, -0.05) is 0 Å². The summed E-state index contributed by atoms with van der Waals surface area (Å²) in [5.74, 6) is 0.464. The molecule has 9 nitrogen and oxygen atoms in total. The fraction of sp³-hybridized carbons (Fsp3) is 0.381. The number of aromatic nitrogens is 1. The van der Waals surface area contributed by atoms with Gasteiger partial charge in [-0.2, -0.15) is 0 Å². The molecular weight excluding hydrogens is 388 g/mol. The van der Waals surface area contributed by atoms with Gasteiger partial charge in [0.15, 0.2) is 22.9 Å². The van der Waals surface area contributed by atoms with Gasteiger partial charge in [-0.25, -0.2) is 19.8 Å². The van der Waals surface area contributed by atoms with Crippen molar-refractivity contribution in [3.8, 4) is 5.75 Å². The van der Waals surface area contributed by atoms with E-state index in [-0.39, 0.29) is 23.0 Å². The first-order chi connectivity index (χ1) is 14.7. The number of rotatable bonds is 6. The molecule has 3 aliphatic rings. The Morgan fingerprint density at radius 2 is 2.20 bits per heavy atom. The second-order valence-electron chi connectivity index (χ2n) is 7.50. The number of carbonyl (C=O) groups is 1. The molecular formula is C21H22N4O5. The number of esters is 1. The number of nitrogens with one attached hydrogen (secondary N) is 1. The largest absolute Gasteiger partial charge is 0.504 e. The van der Waals surface area contributed by atoms with Gasteiger partial charge in [0.25, 0.3) is 0 Å². The van der Waals surface area contributed by atoms with Crippen LogP contribution in [0.4, 0.5) is 11.7 Å². The van der Waals surface area contributed by atoms with E-state index in [1.54, 1.807) is 18.5 Å². The van der Waals surface area contributed by atoms with E-state index in [0.29, 0.717) is 44.6 Å². The molecule has 4 heterocycles. The van der Waals surface area contributed by atoms with Crippen molar-refractivity contribution in [3.05, 3.63) is 35.2 Å². The number of aromatic hydroxyl groups is 1. The molecule has 2 aromatic rings. The summed E-state index contributed by atoms with van der Waals surface area (Å²) in [6, 6.07) is 3.70. The van der Waals surface area contributed by atoms with Crippen LogP contribution in [0.2, 0.25) is 0 Å². The summed E-state index contributed by atoms with van der Waals surface area (Å²) in [5, 5.41) is 12.7. The molecule has 5 rings (SSSR count). The molecule has 0 unspecified atom stereocenters. The maximum atomic E-state index is 12.7. The quantitative estimate of drug-likeness (QED) is 0.700. The first-order valence-corrected chi connectivity index (χ1v) is 10.0. The lowest BCUT2D eigenvalue weighted by Crippen LogP contribution is -2.40. The molecule has 0 atom stereocenters. The van der Waals surface area contributed by atoms with E-state index in [0.717, 1.165) is 24.0 Å². The fourth-order valence-corrected chi connectivity index (χ4v) is 3.36. The van der Waals surface area contributed by atoms with Crippen molar-refractivity contribution >= 4 is 35.5 Å². The third-order valence-corrected chi connectivity index (χ3v) is 5.24. The number of carbonyl (C=O) groups excluding carboxylic acids is 1. The van der Waals surface area contributed by atoms with Crippen LogP contribution in [0.1, 0.15) is 34.5 Å². The lowest BCUT2D eigenvalue weighted by molar-refractivity contribution is 0.0463. The van der Waals surface area contributed by atoms with E-state index >= 15 is 0 Å². The van der Waals surface area contributed by atoms with Gasteiger partial charge < -0.3 is 19.0 Å². The van der Waals surface area contributed by atoms with Crippen LogP contribution in [-0.4, -0.2) is 60.2 Å². The Morgan fingerprint density at radius 1 is 1.37 bits per heavy atom. The van der Waals surface area contributed by atoms with E-state index in [2.05, 4.69) is 15.4 Å². The zero-order valence-electron chi connectivity index (χ0n) is 16.3. The Morgan fingerprint density at radius 3 is 3.00 bits per heavy atom. The van der Waals surface area contributed by atoms with Crippen LogP contribution in [0.15, 0.2) is 27.7 Å². The molecule has 2 aromatic heterocycles. The molecule has 2 aliphatic heterocycles. The van der Waals surface area contributed by atoms with Gasteiger partial charge in [0.05, 0.1) is 19.8 Å². The third-order valence-electron chi connectivity index (χ3n) is 5.24. The second kappa shape index (κ2) is 7.92. The highest BCUT2D eigenvalue weighted by Gasteiger charge is 2.30. The highest BCUT2D eigenvalue weighted by molar-refractivity contribution is 6.21. The minimum atomic E-state index is -0.606. The van der Waals surface area contributed by atoms with Crippen molar-refractivity contribution < 1.29 is 23.8 Å². The van der Waals surface area contributed by atoms with Crippen LogP contribution in [0, 0.1) is 5.92 Å². The molecule has 0 bridgehead atoms. The van der Waals surface area contributed by atoms with Crippen molar-refractivity contribution in [2.45, 2.75) is 12.8 Å². The van der Waals surface area contributed by atoms with E-state index in [4.69, 9.17) is 13.9 Å². The average Bonchev–Trinajstić information content (AvgIpc) is 3.44. The summed E-state index contributed by atoms with van der Waals surface area (Å²) in [6.07, 6.45) is 7.09. The fourth-order valence-electron chi connectivity index (χ4n) is 3.36. The summed E-state index contributed by atoms with van der Waals surface area (Å²) >= 11 is 0. The molecule has 1 saturated heterocycles. The number of fused-ring (bicyclic) bond motifs is 1. The molecule has 30 heavy (non-hydrogen) atoms. The van der Waals surface area contributed by atoms with Crippen LogP contribution in [0.25, 0.3) is 11.6 Å². The van der Waals surface area contributed by atoms with Crippen LogP contribution in [-0.2, 0) is 9.47 Å². The number of hydrogen-bond donors (Lipinski definition) is 2. The van der Waals surface area contributed by atoms with Gasteiger partial charge in [-0.05, 0) is 37.0 Å². The molecule has 1 aliphatic carbocycles. The van der Waals surface area contributed by atoms with Gasteiger partial charge >= 0.3 is 5.97 Å². The van der Waals surface area contributed by atoms with Gasteiger partial charge in [0, 0.05) is 36.6 Å². The maximum absolute atomic E-state index is 12.7. The minimum Gasteiger partial charge on any atom is -0.504 e. The topological polar surface area (TPSA) is 109 Å². The van der Waals surface area contributed by atoms with E-state index in [1.165, 1.54) is 0 Å². The number of ether oxygens (including phenoxy) is 2. The zero-order valence-corrected chi connectivity index (χ0v) is 16.3. The van der Waals surface area contributed by atoms with Gasteiger partial charge in [0.1, 0.15) is 0 Å². The number of furan rings is 1. The number of morpholine rings is 1. The zero-order chi connectivity index (χ0) is 20.5. The Hall–Kier alpha value is -3.17. The lowest BCUT2D eigenvalue weighted by Gasteiger charge is -2.26. The van der Waals surface area contributed by atoms with Crippen molar-refractivity contribution in [1.29, 1.82) is 0 Å². The summed E-state index contributed by atoms with van der Waals surface area (Å²) in [6.45, 7) is 2.74. The van der Waals surface area contributed by atoms with Gasteiger partial charge in [-0.3, -0.25) is 5.43 Å². The average molecular weight is 410 g/mol. The summed E-state index contributed by atoms with van der Waals surface area (Å²) < 4.78 is 16.6. The number of nitrogens with zero attached hydrogens (tertiary/aromatic N) is 3. The van der Waals surface area contributed by atoms with Crippen LogP contribution in [0.5, 0.6) is 5.75 Å². The predicted molar refractivity (Wildman–Crippen MR) is 110 cm³/mol. The molecule has 0 aromatic carbocycles. The molecule has 156 valence electrons. The van der Waals surface area contributed by atoms with Crippen LogP contribution < -0.4 is 5.43 Å². The summed E-state index contributed by atoms with van der Waals surface area (Å²) in [4.78, 5) is 21.2. The summed E-state index contributed by atoms with van der Waals surface area (Å²) in [5.41, 5.74) is 4.65. The molecule has 0 spiro atoms. The molecule has 2 fully saturated rings. The molecule has 9 heteroatoms. The first-order valence-electron chi connectivity index (χ1n) is 10.0. The monoisotopic (exact) mass is 410 g/mol. The van der Waals surface area contributed by atoms with E-state index in [9.17, 15) is 9.90 Å². The van der Waals surface area contributed by atoms with Crippen LogP contribution >= 0.6 is 0 Å². The Balaban J connectivity index is 1.46. The van der Waals surface area contributed by atoms with E-state index in [1.807, 2.05) is 17.1 Å². The second-order valence-corrected chi connectivity index (χ2v) is 7.50. The number of pyridine rings is 1. The molecule has 0 radical (unpaired) electrons. The Bertz CT molecular complexity index is 1020. The van der Waals surface area contributed by atoms with Crippen molar-refractivity contribution in [3.63, 3.8) is 0 Å². The Labute approximate surface area is 173 Å². The maximum Gasteiger partial charge on any atom is 0.347 e. The number of aliphatic imine (C=N–C) groups is 1. The molecule has 1 saturated carbocycles. The predicted octanol–water partition coefficient (Wildman–Crippen LogP) is 2.86. The highest BCUT2D eigenvalue weighted by Crippen LogP contribution is 2.39. The van der Waals surface area contributed by atoms with Gasteiger partial charge in [0.2, 0.25) is 5.88 Å². The molecule has 2 N–H and O–H groups in total. The number of anilines is 1. The van der Waals surface area contributed by atoms with Crippen LogP contribution in [0.3, 0.4) is 0 Å². The number of hydrazine groups is 1. The van der Waals surface area contributed by atoms with Crippen molar-refractivity contribution in [2.75, 3.05) is 38.3 Å². The number of hydrogen-bond acceptors (Lipinski definition) is 9. The lowest BCUT2D eigenvalue weighted by atomic mass is 10.1. The highest BCUT2D eigenvalue weighted by atomic mass is 16.5. The normalized spacial score (nSPS) is 19.8.